The van der Waals surface area contributed by atoms with Crippen LogP contribution in [-0.4, -0.2) is 47.0 Å². The molecule has 2 aromatic rings. The molecule has 1 saturated heterocycles. The largest absolute Gasteiger partial charge is 0.493 e. The number of nitrogens with two attached hydrogens (primary N) is 1. The van der Waals surface area contributed by atoms with Crippen LogP contribution in [0, 0.1) is 0 Å². The first-order valence-electron chi connectivity index (χ1n) is 10.0. The van der Waals surface area contributed by atoms with E-state index in [2.05, 4.69) is 4.98 Å². The lowest BCUT2D eigenvalue weighted by Crippen LogP contribution is -2.45. The number of H-pyrrole nitrogens is 1. The molecule has 3 heterocycles. The van der Waals surface area contributed by atoms with E-state index < -0.39 is 0 Å². The number of rotatable bonds is 5. The molecule has 0 bridgehead atoms. The number of hydrogen-bond donors (Lipinski definition) is 2. The summed E-state index contributed by atoms with van der Waals surface area (Å²) < 4.78 is 11.8. The van der Waals surface area contributed by atoms with E-state index in [1.54, 1.807) is 4.90 Å². The van der Waals surface area contributed by atoms with Crippen LogP contribution in [-0.2, 0) is 11.2 Å². The van der Waals surface area contributed by atoms with Gasteiger partial charge in [-0.3, -0.25) is 9.59 Å². The first-order valence-corrected chi connectivity index (χ1v) is 10.0. The van der Waals surface area contributed by atoms with E-state index in [1.165, 1.54) is 0 Å². The summed E-state index contributed by atoms with van der Waals surface area (Å²) in [5, 5.41) is 0.849. The average Bonchev–Trinajstić information content (AvgIpc) is 3.24. The van der Waals surface area contributed by atoms with Crippen molar-refractivity contribution in [2.75, 3.05) is 13.2 Å². The SMILES string of the molecule is CCOc1cc2c(c3[nH]c(C(=O)N4CCCC[C@H]4CC(N)=O)cc13)O[C@H](C)C2. The Balaban J connectivity index is 1.72. The van der Waals surface area contributed by atoms with Gasteiger partial charge < -0.3 is 25.1 Å². The number of nitrogens with zero attached hydrogens (tertiary/aromatic N) is 1. The summed E-state index contributed by atoms with van der Waals surface area (Å²) >= 11 is 0. The third-order valence-electron chi connectivity index (χ3n) is 5.59. The minimum Gasteiger partial charge on any atom is -0.493 e. The lowest BCUT2D eigenvalue weighted by molar-refractivity contribution is -0.119. The number of aromatic amines is 1. The van der Waals surface area contributed by atoms with Gasteiger partial charge in [-0.2, -0.15) is 0 Å². The molecular weight excluding hydrogens is 358 g/mol. The number of hydrogen-bond acceptors (Lipinski definition) is 4. The second-order valence-electron chi connectivity index (χ2n) is 7.72. The predicted octanol–water partition coefficient (Wildman–Crippen LogP) is 2.76. The zero-order valence-electron chi connectivity index (χ0n) is 16.4. The second kappa shape index (κ2) is 7.37. The number of amides is 2. The molecule has 1 fully saturated rings. The maximum absolute atomic E-state index is 13.3. The highest BCUT2D eigenvalue weighted by Crippen LogP contribution is 2.41. The fraction of sp³-hybridized carbons (Fsp3) is 0.524. The number of benzene rings is 1. The molecule has 7 heteroatoms. The molecule has 2 amide bonds. The molecule has 28 heavy (non-hydrogen) atoms. The van der Waals surface area contributed by atoms with Gasteiger partial charge >= 0.3 is 0 Å². The van der Waals surface area contributed by atoms with E-state index in [1.807, 2.05) is 26.0 Å². The molecule has 0 aliphatic carbocycles. The minimum atomic E-state index is -0.375. The molecule has 2 aliphatic heterocycles. The fourth-order valence-corrected chi connectivity index (χ4v) is 4.39. The average molecular weight is 385 g/mol. The Labute approximate surface area is 164 Å². The van der Waals surface area contributed by atoms with Crippen molar-refractivity contribution in [1.29, 1.82) is 0 Å². The van der Waals surface area contributed by atoms with Crippen LogP contribution in [0.3, 0.4) is 0 Å². The first-order chi connectivity index (χ1) is 13.5. The number of carbonyl (C=O) groups is 2. The number of nitrogens with one attached hydrogen (secondary N) is 1. The predicted molar refractivity (Wildman–Crippen MR) is 106 cm³/mol. The van der Waals surface area contributed by atoms with Crippen molar-refractivity contribution in [3.05, 3.63) is 23.4 Å². The molecule has 7 nitrogen and oxygen atoms in total. The molecule has 0 saturated carbocycles. The van der Waals surface area contributed by atoms with E-state index in [-0.39, 0.29) is 30.4 Å². The van der Waals surface area contributed by atoms with Gasteiger partial charge in [-0.1, -0.05) is 0 Å². The molecule has 150 valence electrons. The Hall–Kier alpha value is -2.70. The number of aromatic nitrogens is 1. The standard InChI is InChI=1S/C21H27N3O4/c1-3-27-17-9-13-8-12(2)28-20(13)19-15(17)11-16(23-19)21(26)24-7-5-4-6-14(24)10-18(22)25/h9,11-12,14,23H,3-8,10H2,1-2H3,(H2,22,25)/t12-,14+/m1/s1. The minimum absolute atomic E-state index is 0.0968. The summed E-state index contributed by atoms with van der Waals surface area (Å²) in [6.07, 6.45) is 3.85. The summed E-state index contributed by atoms with van der Waals surface area (Å²) in [4.78, 5) is 29.7. The number of carbonyl (C=O) groups excluding carboxylic acids is 2. The molecule has 1 aromatic heterocycles. The molecule has 2 aliphatic rings. The third-order valence-corrected chi connectivity index (χ3v) is 5.59. The normalized spacial score (nSPS) is 21.4. The molecule has 0 radical (unpaired) electrons. The van der Waals surface area contributed by atoms with Crippen molar-refractivity contribution in [3.63, 3.8) is 0 Å². The van der Waals surface area contributed by atoms with Gasteiger partial charge in [-0.25, -0.2) is 0 Å². The Morgan fingerprint density at radius 2 is 2.18 bits per heavy atom. The number of primary amides is 1. The van der Waals surface area contributed by atoms with Crippen LogP contribution in [0.5, 0.6) is 11.5 Å². The van der Waals surface area contributed by atoms with Crippen LogP contribution < -0.4 is 15.2 Å². The molecule has 2 atom stereocenters. The second-order valence-corrected chi connectivity index (χ2v) is 7.72. The van der Waals surface area contributed by atoms with E-state index in [9.17, 15) is 9.59 Å². The molecule has 4 rings (SSSR count). The monoisotopic (exact) mass is 385 g/mol. The van der Waals surface area contributed by atoms with Crippen LogP contribution in [0.4, 0.5) is 0 Å². The molecule has 1 aromatic carbocycles. The summed E-state index contributed by atoms with van der Waals surface area (Å²) in [5.74, 6) is 1.08. The van der Waals surface area contributed by atoms with Crippen LogP contribution in [0.2, 0.25) is 0 Å². The Morgan fingerprint density at radius 3 is 2.93 bits per heavy atom. The van der Waals surface area contributed by atoms with Crippen LogP contribution in [0.1, 0.15) is 55.6 Å². The van der Waals surface area contributed by atoms with E-state index in [0.717, 1.165) is 53.6 Å². The van der Waals surface area contributed by atoms with Gasteiger partial charge in [0.1, 0.15) is 23.3 Å². The van der Waals surface area contributed by atoms with Gasteiger partial charge in [0.05, 0.1) is 12.1 Å². The van der Waals surface area contributed by atoms with Gasteiger partial charge in [0, 0.05) is 36.4 Å². The van der Waals surface area contributed by atoms with Gasteiger partial charge in [-0.05, 0) is 45.2 Å². The maximum atomic E-state index is 13.3. The zero-order valence-corrected chi connectivity index (χ0v) is 16.4. The van der Waals surface area contributed by atoms with Gasteiger partial charge in [0.25, 0.3) is 5.91 Å². The molecular formula is C21H27N3O4. The summed E-state index contributed by atoms with van der Waals surface area (Å²) in [5.41, 5.74) is 7.78. The fourth-order valence-electron chi connectivity index (χ4n) is 4.39. The van der Waals surface area contributed by atoms with Crippen LogP contribution in [0.15, 0.2) is 12.1 Å². The van der Waals surface area contributed by atoms with Crippen molar-refractivity contribution in [2.45, 2.75) is 58.1 Å². The summed E-state index contributed by atoms with van der Waals surface area (Å²) in [7, 11) is 0. The van der Waals surface area contributed by atoms with Crippen molar-refractivity contribution >= 4 is 22.7 Å². The maximum Gasteiger partial charge on any atom is 0.270 e. The highest BCUT2D eigenvalue weighted by atomic mass is 16.5. The van der Waals surface area contributed by atoms with E-state index in [4.69, 9.17) is 15.2 Å². The van der Waals surface area contributed by atoms with Gasteiger partial charge in [0.2, 0.25) is 5.91 Å². The van der Waals surface area contributed by atoms with Crippen molar-refractivity contribution in [2.24, 2.45) is 5.73 Å². The number of likely N-dealkylation sites (tertiary alicyclic amines) is 1. The third kappa shape index (κ3) is 3.30. The lowest BCUT2D eigenvalue weighted by Gasteiger charge is -2.34. The summed E-state index contributed by atoms with van der Waals surface area (Å²) in [6.45, 7) is 5.16. The Kier molecular flexibility index (Phi) is 4.91. The molecule has 0 spiro atoms. The first kappa shape index (κ1) is 18.7. The zero-order chi connectivity index (χ0) is 19.8. The van der Waals surface area contributed by atoms with Crippen molar-refractivity contribution in [3.8, 4) is 11.5 Å². The van der Waals surface area contributed by atoms with Gasteiger partial charge in [-0.15, -0.1) is 0 Å². The van der Waals surface area contributed by atoms with E-state index in [0.29, 0.717) is 18.8 Å². The number of piperidine rings is 1. The Bertz CT molecular complexity index is 920. The van der Waals surface area contributed by atoms with E-state index >= 15 is 0 Å². The highest BCUT2D eigenvalue weighted by Gasteiger charge is 2.31. The van der Waals surface area contributed by atoms with Crippen molar-refractivity contribution in [1.82, 2.24) is 9.88 Å². The molecule has 3 N–H and O–H groups in total. The quantitative estimate of drug-likeness (QED) is 0.827. The van der Waals surface area contributed by atoms with Gasteiger partial charge in [0.15, 0.2) is 0 Å². The van der Waals surface area contributed by atoms with Crippen molar-refractivity contribution < 1.29 is 19.1 Å². The van der Waals surface area contributed by atoms with Crippen LogP contribution in [0.25, 0.3) is 10.9 Å². The lowest BCUT2D eigenvalue weighted by atomic mass is 9.98. The van der Waals surface area contributed by atoms with Crippen LogP contribution >= 0.6 is 0 Å². The Morgan fingerprint density at radius 1 is 1.36 bits per heavy atom. The number of ether oxygens (including phenoxy) is 2. The molecule has 0 unspecified atom stereocenters. The topological polar surface area (TPSA) is 97.7 Å². The smallest absolute Gasteiger partial charge is 0.270 e. The highest BCUT2D eigenvalue weighted by molar-refractivity contribution is 6.02. The summed E-state index contributed by atoms with van der Waals surface area (Å²) in [6, 6.07) is 3.72. The number of fused-ring (bicyclic) bond motifs is 3.